The van der Waals surface area contributed by atoms with E-state index in [4.69, 9.17) is 4.52 Å². The lowest BCUT2D eigenvalue weighted by atomic mass is 10.2. The second kappa shape index (κ2) is 6.93. The zero-order valence-electron chi connectivity index (χ0n) is 13.6. The lowest BCUT2D eigenvalue weighted by Crippen LogP contribution is -2.39. The van der Waals surface area contributed by atoms with Crippen molar-refractivity contribution in [3.05, 3.63) is 40.3 Å². The third-order valence-electron chi connectivity index (χ3n) is 4.05. The van der Waals surface area contributed by atoms with Crippen LogP contribution < -0.4 is 5.32 Å². The number of likely N-dealkylation sites (tertiary alicyclic amines) is 1. The highest BCUT2D eigenvalue weighted by Gasteiger charge is 2.33. The van der Waals surface area contributed by atoms with Crippen LogP contribution in [0.5, 0.6) is 0 Å². The molecule has 1 N–H and O–H groups in total. The Bertz CT molecular complexity index is 858. The average Bonchev–Trinajstić information content (AvgIpc) is 3.38. The summed E-state index contributed by atoms with van der Waals surface area (Å²) in [6.07, 6.45) is 1.77. The van der Waals surface area contributed by atoms with Crippen LogP contribution in [-0.4, -0.2) is 32.6 Å². The summed E-state index contributed by atoms with van der Waals surface area (Å²) < 4.78 is 5.24. The molecule has 0 spiro atoms. The minimum Gasteiger partial charge on any atom is -0.337 e. The van der Waals surface area contributed by atoms with E-state index in [2.05, 4.69) is 20.4 Å². The fraction of sp³-hybridized carbons (Fsp3) is 0.375. The molecule has 1 atom stereocenters. The first-order valence-corrected chi connectivity index (χ1v) is 9.79. The van der Waals surface area contributed by atoms with Gasteiger partial charge in [0.15, 0.2) is 5.82 Å². The van der Waals surface area contributed by atoms with E-state index in [0.29, 0.717) is 24.8 Å². The number of nitrogens with one attached hydrogen (secondary N) is 1. The normalized spacial score (nSPS) is 17.2. The number of hydrogen-bond acceptors (Lipinski definition) is 7. The molecule has 130 valence electrons. The summed E-state index contributed by atoms with van der Waals surface area (Å²) in [6.45, 7) is 2.88. The van der Waals surface area contributed by atoms with Crippen LogP contribution in [0.2, 0.25) is 0 Å². The van der Waals surface area contributed by atoms with Gasteiger partial charge in [0.1, 0.15) is 11.0 Å². The van der Waals surface area contributed by atoms with Gasteiger partial charge in [-0.2, -0.15) is 4.98 Å². The molecule has 0 unspecified atom stereocenters. The van der Waals surface area contributed by atoms with E-state index in [-0.39, 0.29) is 12.1 Å². The van der Waals surface area contributed by atoms with Gasteiger partial charge in [-0.3, -0.25) is 0 Å². The fourth-order valence-corrected chi connectivity index (χ4v) is 4.52. The Hall–Kier alpha value is -2.26. The predicted molar refractivity (Wildman–Crippen MR) is 95.4 cm³/mol. The van der Waals surface area contributed by atoms with Crippen LogP contribution in [0.1, 0.15) is 36.3 Å². The number of urea groups is 1. The summed E-state index contributed by atoms with van der Waals surface area (Å²) in [5.41, 5.74) is 0.867. The van der Waals surface area contributed by atoms with Gasteiger partial charge in [0, 0.05) is 11.9 Å². The topological polar surface area (TPSA) is 84.2 Å². The van der Waals surface area contributed by atoms with Crippen molar-refractivity contribution in [2.24, 2.45) is 0 Å². The van der Waals surface area contributed by atoms with Crippen molar-refractivity contribution in [2.75, 3.05) is 6.54 Å². The number of carbonyl (C=O) groups is 1. The molecule has 4 heterocycles. The van der Waals surface area contributed by atoms with Crippen LogP contribution in [0.15, 0.2) is 27.4 Å². The van der Waals surface area contributed by atoms with E-state index in [0.717, 1.165) is 28.4 Å². The number of hydrogen-bond donors (Lipinski definition) is 1. The molecule has 0 bridgehead atoms. The molecule has 0 aromatic carbocycles. The number of aryl methyl sites for hydroxylation is 1. The van der Waals surface area contributed by atoms with Crippen LogP contribution in [0.3, 0.4) is 0 Å². The van der Waals surface area contributed by atoms with Crippen LogP contribution in [0, 0.1) is 6.92 Å². The molecule has 7 nitrogen and oxygen atoms in total. The Balaban J connectivity index is 1.38. The molecule has 9 heteroatoms. The lowest BCUT2D eigenvalue weighted by molar-refractivity contribution is 0.180. The van der Waals surface area contributed by atoms with Crippen LogP contribution in [0.4, 0.5) is 4.79 Å². The summed E-state index contributed by atoms with van der Waals surface area (Å²) in [6, 6.07) is 3.80. The Kier molecular flexibility index (Phi) is 4.50. The zero-order valence-corrected chi connectivity index (χ0v) is 15.3. The van der Waals surface area contributed by atoms with Crippen molar-refractivity contribution in [3.63, 3.8) is 0 Å². The minimum atomic E-state index is -0.140. The van der Waals surface area contributed by atoms with Crippen molar-refractivity contribution < 1.29 is 9.32 Å². The number of amides is 2. The highest BCUT2D eigenvalue weighted by molar-refractivity contribution is 7.20. The summed E-state index contributed by atoms with van der Waals surface area (Å²) >= 11 is 3.26. The molecule has 1 aliphatic rings. The Morgan fingerprint density at radius 3 is 3.12 bits per heavy atom. The largest absolute Gasteiger partial charge is 0.337 e. The van der Waals surface area contributed by atoms with E-state index >= 15 is 0 Å². The molecule has 4 rings (SSSR count). The quantitative estimate of drug-likeness (QED) is 0.753. The number of thiophene rings is 1. The highest BCUT2D eigenvalue weighted by Crippen LogP contribution is 2.31. The standard InChI is InChI=1S/C16H17N5O2S2/c1-10-18-14(23-20-10)12-4-2-6-21(12)16(22)17-8-11-9-25-15(19-11)13-5-3-7-24-13/h3,5,7,9,12H,2,4,6,8H2,1H3,(H,17,22)/t12-/m0/s1. The SMILES string of the molecule is Cc1noc([C@@H]2CCCN2C(=O)NCc2csc(-c3cccs3)n2)n1. The molecule has 1 aliphatic heterocycles. The molecule has 3 aromatic rings. The number of rotatable bonds is 4. The third kappa shape index (κ3) is 3.42. The summed E-state index contributed by atoms with van der Waals surface area (Å²) in [4.78, 5) is 24.3. The highest BCUT2D eigenvalue weighted by atomic mass is 32.1. The maximum atomic E-state index is 12.5. The number of nitrogens with zero attached hydrogens (tertiary/aromatic N) is 4. The maximum absolute atomic E-state index is 12.5. The van der Waals surface area contributed by atoms with Crippen molar-refractivity contribution in [3.8, 4) is 9.88 Å². The Labute approximate surface area is 152 Å². The maximum Gasteiger partial charge on any atom is 0.318 e. The molecule has 0 saturated carbocycles. The van der Waals surface area contributed by atoms with Crippen molar-refractivity contribution in [1.82, 2.24) is 25.3 Å². The molecular weight excluding hydrogens is 358 g/mol. The molecule has 0 radical (unpaired) electrons. The van der Waals surface area contributed by atoms with Gasteiger partial charge in [0.2, 0.25) is 5.89 Å². The van der Waals surface area contributed by atoms with Gasteiger partial charge in [-0.05, 0) is 31.2 Å². The van der Waals surface area contributed by atoms with Gasteiger partial charge < -0.3 is 14.7 Å². The smallest absolute Gasteiger partial charge is 0.318 e. The van der Waals surface area contributed by atoms with E-state index in [1.54, 1.807) is 34.5 Å². The van der Waals surface area contributed by atoms with Crippen molar-refractivity contribution in [2.45, 2.75) is 32.4 Å². The van der Waals surface area contributed by atoms with Crippen LogP contribution in [0.25, 0.3) is 9.88 Å². The number of thiazole rings is 1. The molecule has 2 amide bonds. The monoisotopic (exact) mass is 375 g/mol. The minimum absolute atomic E-state index is 0.121. The fourth-order valence-electron chi connectivity index (χ4n) is 2.88. The van der Waals surface area contributed by atoms with Crippen molar-refractivity contribution in [1.29, 1.82) is 0 Å². The molecule has 1 saturated heterocycles. The second-order valence-corrected chi connectivity index (χ2v) is 7.62. The van der Waals surface area contributed by atoms with Crippen molar-refractivity contribution >= 4 is 28.7 Å². The molecule has 1 fully saturated rings. The van der Waals surface area contributed by atoms with Gasteiger partial charge >= 0.3 is 6.03 Å². The number of carbonyl (C=O) groups excluding carboxylic acids is 1. The van der Waals surface area contributed by atoms with Gasteiger partial charge in [-0.1, -0.05) is 11.2 Å². The van der Waals surface area contributed by atoms with E-state index in [1.807, 2.05) is 22.9 Å². The lowest BCUT2D eigenvalue weighted by Gasteiger charge is -2.22. The average molecular weight is 375 g/mol. The van der Waals surface area contributed by atoms with E-state index < -0.39 is 0 Å². The first kappa shape index (κ1) is 16.2. The molecule has 25 heavy (non-hydrogen) atoms. The van der Waals surface area contributed by atoms with Gasteiger partial charge in [-0.15, -0.1) is 22.7 Å². The molecule has 0 aliphatic carbocycles. The summed E-state index contributed by atoms with van der Waals surface area (Å²) in [7, 11) is 0. The van der Waals surface area contributed by atoms with Gasteiger partial charge in [0.25, 0.3) is 0 Å². The number of aromatic nitrogens is 3. The van der Waals surface area contributed by atoms with Gasteiger partial charge in [-0.25, -0.2) is 9.78 Å². The summed E-state index contributed by atoms with van der Waals surface area (Å²) in [5.74, 6) is 1.10. The zero-order chi connectivity index (χ0) is 17.2. The molecular formula is C16H17N5O2S2. The first-order chi connectivity index (χ1) is 12.2. The Morgan fingerprint density at radius 1 is 1.44 bits per heavy atom. The van der Waals surface area contributed by atoms with Crippen LogP contribution >= 0.6 is 22.7 Å². The second-order valence-electron chi connectivity index (χ2n) is 5.81. The predicted octanol–water partition coefficient (Wildman–Crippen LogP) is 3.61. The van der Waals surface area contributed by atoms with E-state index in [9.17, 15) is 4.79 Å². The van der Waals surface area contributed by atoms with E-state index in [1.165, 1.54) is 0 Å². The van der Waals surface area contributed by atoms with Gasteiger partial charge in [0.05, 0.1) is 17.1 Å². The Morgan fingerprint density at radius 2 is 2.36 bits per heavy atom. The van der Waals surface area contributed by atoms with Crippen LogP contribution in [-0.2, 0) is 6.54 Å². The first-order valence-electron chi connectivity index (χ1n) is 8.03. The molecule has 3 aromatic heterocycles. The summed E-state index contributed by atoms with van der Waals surface area (Å²) in [5, 5.41) is 11.8. The third-order valence-corrected chi connectivity index (χ3v) is 5.98.